The molecular formula is C21H25Cl2N2O5P. The SMILES string of the molecule is CC(C)CC(C(=O)N[C@@H](Cc1ccccc1)C(=O)Nc1ccc(Cl)c(Cl)c1)P(=O)(O)O. The fourth-order valence-electron chi connectivity index (χ4n) is 2.97. The molecule has 2 aromatic rings. The molecular weight excluding hydrogens is 462 g/mol. The molecule has 0 radical (unpaired) electrons. The number of benzene rings is 2. The lowest BCUT2D eigenvalue weighted by atomic mass is 10.0. The Morgan fingerprint density at radius 2 is 1.65 bits per heavy atom. The van der Waals surface area contributed by atoms with Crippen molar-refractivity contribution in [1.82, 2.24) is 5.32 Å². The monoisotopic (exact) mass is 486 g/mol. The van der Waals surface area contributed by atoms with Crippen molar-refractivity contribution in [2.24, 2.45) is 5.92 Å². The lowest BCUT2D eigenvalue weighted by Crippen LogP contribution is -2.48. The van der Waals surface area contributed by atoms with Crippen LogP contribution in [0.3, 0.4) is 0 Å². The maximum atomic E-state index is 12.9. The molecule has 0 fully saturated rings. The van der Waals surface area contributed by atoms with Crippen LogP contribution in [0.25, 0.3) is 0 Å². The van der Waals surface area contributed by atoms with Crippen molar-refractivity contribution in [3.8, 4) is 0 Å². The van der Waals surface area contributed by atoms with Crippen LogP contribution in [0.2, 0.25) is 10.0 Å². The van der Waals surface area contributed by atoms with Gasteiger partial charge in [-0.25, -0.2) is 0 Å². The molecule has 0 saturated heterocycles. The minimum absolute atomic E-state index is 0.0113. The van der Waals surface area contributed by atoms with Crippen LogP contribution in [0.5, 0.6) is 0 Å². The summed E-state index contributed by atoms with van der Waals surface area (Å²) in [6.45, 7) is 3.52. The van der Waals surface area contributed by atoms with Crippen LogP contribution in [0, 0.1) is 5.92 Å². The van der Waals surface area contributed by atoms with Crippen LogP contribution >= 0.6 is 30.8 Å². The average molecular weight is 487 g/mol. The quantitative estimate of drug-likeness (QED) is 0.395. The van der Waals surface area contributed by atoms with Gasteiger partial charge in [0.1, 0.15) is 11.7 Å². The van der Waals surface area contributed by atoms with E-state index < -0.39 is 31.1 Å². The third-order valence-corrected chi connectivity index (χ3v) is 6.50. The first-order valence-electron chi connectivity index (χ1n) is 9.62. The standard InChI is InChI=1S/C21H25Cl2N2O5P/c1-13(2)10-19(31(28,29)30)21(27)25-18(11-14-6-4-3-5-7-14)20(26)24-15-8-9-16(22)17(23)12-15/h3-9,12-13,18-19H,10-11H2,1-2H3,(H,24,26)(H,25,27)(H2,28,29,30)/t18-,19?/m0/s1. The van der Waals surface area contributed by atoms with Gasteiger partial charge in [0.05, 0.1) is 10.0 Å². The van der Waals surface area contributed by atoms with E-state index in [-0.39, 0.29) is 23.8 Å². The smallest absolute Gasteiger partial charge is 0.337 e. The largest absolute Gasteiger partial charge is 0.343 e. The predicted octanol–water partition coefficient (Wildman–Crippen LogP) is 4.25. The van der Waals surface area contributed by atoms with Crippen molar-refractivity contribution < 1.29 is 23.9 Å². The summed E-state index contributed by atoms with van der Waals surface area (Å²) in [5.41, 5.74) is -0.391. The molecule has 0 aliphatic rings. The summed E-state index contributed by atoms with van der Waals surface area (Å²) in [7, 11) is -4.71. The molecule has 0 heterocycles. The van der Waals surface area contributed by atoms with E-state index in [0.717, 1.165) is 5.56 Å². The Morgan fingerprint density at radius 1 is 1.00 bits per heavy atom. The molecule has 2 aromatic carbocycles. The van der Waals surface area contributed by atoms with E-state index in [4.69, 9.17) is 23.2 Å². The van der Waals surface area contributed by atoms with Crippen molar-refractivity contribution >= 4 is 48.3 Å². The molecule has 0 aromatic heterocycles. The van der Waals surface area contributed by atoms with Crippen LogP contribution in [-0.4, -0.2) is 33.3 Å². The van der Waals surface area contributed by atoms with Gasteiger partial charge < -0.3 is 20.4 Å². The first-order valence-corrected chi connectivity index (χ1v) is 12.1. The Kier molecular flexibility index (Phi) is 9.10. The fraction of sp³-hybridized carbons (Fsp3) is 0.333. The molecule has 0 aliphatic heterocycles. The number of carbonyl (C=O) groups excluding carboxylic acids is 2. The zero-order chi connectivity index (χ0) is 23.2. The van der Waals surface area contributed by atoms with Gasteiger partial charge in [-0.3, -0.25) is 14.2 Å². The highest BCUT2D eigenvalue weighted by atomic mass is 35.5. The molecule has 7 nitrogen and oxygen atoms in total. The molecule has 2 amide bonds. The number of hydrogen-bond donors (Lipinski definition) is 4. The van der Waals surface area contributed by atoms with Crippen molar-refractivity contribution in [2.75, 3.05) is 5.32 Å². The fourth-order valence-corrected chi connectivity index (χ4v) is 4.35. The van der Waals surface area contributed by atoms with Crippen LogP contribution in [0.15, 0.2) is 48.5 Å². The van der Waals surface area contributed by atoms with Gasteiger partial charge in [0.2, 0.25) is 11.8 Å². The van der Waals surface area contributed by atoms with Gasteiger partial charge in [-0.05, 0) is 36.1 Å². The van der Waals surface area contributed by atoms with Crippen LogP contribution < -0.4 is 10.6 Å². The summed E-state index contributed by atoms with van der Waals surface area (Å²) in [5.74, 6) is -1.54. The molecule has 2 atom stereocenters. The number of anilines is 1. The number of carbonyl (C=O) groups is 2. The van der Waals surface area contributed by atoms with Crippen molar-refractivity contribution in [2.45, 2.75) is 38.4 Å². The van der Waals surface area contributed by atoms with Gasteiger partial charge in [-0.15, -0.1) is 0 Å². The Morgan fingerprint density at radius 3 is 2.19 bits per heavy atom. The number of rotatable bonds is 9. The van der Waals surface area contributed by atoms with Gasteiger partial charge in [0.15, 0.2) is 0 Å². The van der Waals surface area contributed by atoms with E-state index >= 15 is 0 Å². The second kappa shape index (κ2) is 11.1. The number of nitrogens with one attached hydrogen (secondary N) is 2. The minimum Gasteiger partial charge on any atom is -0.343 e. The van der Waals surface area contributed by atoms with Crippen molar-refractivity contribution in [3.63, 3.8) is 0 Å². The molecule has 2 rings (SSSR count). The van der Waals surface area contributed by atoms with E-state index in [2.05, 4.69) is 10.6 Å². The average Bonchev–Trinajstić information content (AvgIpc) is 2.68. The summed E-state index contributed by atoms with van der Waals surface area (Å²) in [5, 5.41) is 5.76. The third kappa shape index (κ3) is 7.95. The van der Waals surface area contributed by atoms with Gasteiger partial charge in [-0.2, -0.15) is 0 Å². The summed E-state index contributed by atoms with van der Waals surface area (Å²) < 4.78 is 11.9. The van der Waals surface area contributed by atoms with Gasteiger partial charge >= 0.3 is 7.60 Å². The molecule has 31 heavy (non-hydrogen) atoms. The molecule has 0 aliphatic carbocycles. The number of amides is 2. The highest BCUT2D eigenvalue weighted by Crippen LogP contribution is 2.44. The first kappa shape index (κ1) is 25.4. The zero-order valence-corrected chi connectivity index (χ0v) is 19.5. The van der Waals surface area contributed by atoms with Gasteiger partial charge in [-0.1, -0.05) is 67.4 Å². The summed E-state index contributed by atoms with van der Waals surface area (Å²) in [6, 6.07) is 12.5. The topological polar surface area (TPSA) is 116 Å². The van der Waals surface area contributed by atoms with Gasteiger partial charge in [0, 0.05) is 12.1 Å². The third-order valence-electron chi connectivity index (χ3n) is 4.51. The molecule has 0 spiro atoms. The molecule has 10 heteroatoms. The molecule has 1 unspecified atom stereocenters. The minimum atomic E-state index is -4.71. The lowest BCUT2D eigenvalue weighted by Gasteiger charge is -2.24. The highest BCUT2D eigenvalue weighted by Gasteiger charge is 2.37. The van der Waals surface area contributed by atoms with E-state index in [1.54, 1.807) is 44.2 Å². The van der Waals surface area contributed by atoms with Gasteiger partial charge in [0.25, 0.3) is 0 Å². The Labute approximate surface area is 191 Å². The lowest BCUT2D eigenvalue weighted by molar-refractivity contribution is -0.126. The Bertz CT molecular complexity index is 965. The zero-order valence-electron chi connectivity index (χ0n) is 17.1. The summed E-state index contributed by atoms with van der Waals surface area (Å²) >= 11 is 11.9. The normalized spacial score (nSPS) is 13.5. The van der Waals surface area contributed by atoms with E-state index in [1.165, 1.54) is 12.1 Å². The summed E-state index contributed by atoms with van der Waals surface area (Å²) in [4.78, 5) is 45.0. The molecule has 0 saturated carbocycles. The summed E-state index contributed by atoms with van der Waals surface area (Å²) in [6.07, 6.45) is 0.123. The van der Waals surface area contributed by atoms with E-state index in [0.29, 0.717) is 10.7 Å². The molecule has 168 valence electrons. The Balaban J connectivity index is 2.26. The maximum Gasteiger partial charge on any atom is 0.337 e. The second-order valence-corrected chi connectivity index (χ2v) is 10.2. The van der Waals surface area contributed by atoms with Crippen LogP contribution in [0.4, 0.5) is 5.69 Å². The number of halogens is 2. The molecule has 4 N–H and O–H groups in total. The van der Waals surface area contributed by atoms with Crippen LogP contribution in [-0.2, 0) is 20.6 Å². The Hall–Kier alpha value is -1.89. The number of hydrogen-bond acceptors (Lipinski definition) is 3. The highest BCUT2D eigenvalue weighted by molar-refractivity contribution is 7.53. The predicted molar refractivity (Wildman–Crippen MR) is 122 cm³/mol. The second-order valence-electron chi connectivity index (χ2n) is 7.60. The first-order chi connectivity index (χ1) is 14.5. The maximum absolute atomic E-state index is 12.9. The van der Waals surface area contributed by atoms with Crippen molar-refractivity contribution in [1.29, 1.82) is 0 Å². The van der Waals surface area contributed by atoms with Crippen molar-refractivity contribution in [3.05, 3.63) is 64.1 Å². The van der Waals surface area contributed by atoms with Crippen LogP contribution in [0.1, 0.15) is 25.8 Å². The molecule has 0 bridgehead atoms. The van der Waals surface area contributed by atoms with E-state index in [9.17, 15) is 23.9 Å². The van der Waals surface area contributed by atoms with E-state index in [1.807, 2.05) is 6.07 Å².